The molecule has 0 saturated heterocycles. The highest BCUT2D eigenvalue weighted by Gasteiger charge is 2.44. The van der Waals surface area contributed by atoms with Gasteiger partial charge in [-0.05, 0) is 43.9 Å². The second-order valence-corrected chi connectivity index (χ2v) is 8.77. The van der Waals surface area contributed by atoms with Crippen molar-refractivity contribution in [3.05, 3.63) is 30.0 Å². The number of carbonyl (C=O) groups is 2. The molecule has 32 heavy (non-hydrogen) atoms. The van der Waals surface area contributed by atoms with E-state index in [0.29, 0.717) is 34.7 Å². The molecule has 0 radical (unpaired) electrons. The van der Waals surface area contributed by atoms with Gasteiger partial charge >= 0.3 is 0 Å². The number of aromatic nitrogens is 2. The highest BCUT2D eigenvalue weighted by molar-refractivity contribution is 5.98. The maximum atomic E-state index is 12.9. The molecule has 9 nitrogen and oxygen atoms in total. The molecule has 2 unspecified atom stereocenters. The van der Waals surface area contributed by atoms with E-state index >= 15 is 0 Å². The van der Waals surface area contributed by atoms with Crippen LogP contribution in [0.1, 0.15) is 55.3 Å². The zero-order valence-electron chi connectivity index (χ0n) is 18.1. The van der Waals surface area contributed by atoms with Crippen molar-refractivity contribution in [1.29, 1.82) is 0 Å². The zero-order chi connectivity index (χ0) is 22.2. The van der Waals surface area contributed by atoms with Crippen molar-refractivity contribution in [2.45, 2.75) is 57.0 Å². The van der Waals surface area contributed by atoms with Gasteiger partial charge in [-0.3, -0.25) is 9.59 Å². The molecule has 2 aromatic rings. The number of ether oxygens (including phenoxy) is 1. The minimum Gasteiger partial charge on any atom is -0.495 e. The first kappa shape index (κ1) is 20.5. The Kier molecular flexibility index (Phi) is 5.32. The Morgan fingerprint density at radius 1 is 1.22 bits per heavy atom. The van der Waals surface area contributed by atoms with E-state index in [9.17, 15) is 9.59 Å². The molecular weight excluding hydrogens is 408 g/mol. The molecule has 2 heterocycles. The molecule has 5 rings (SSSR count). The molecule has 1 aliphatic heterocycles. The lowest BCUT2D eigenvalue weighted by atomic mass is 9.99. The van der Waals surface area contributed by atoms with Gasteiger partial charge < -0.3 is 26.0 Å². The lowest BCUT2D eigenvalue weighted by Crippen LogP contribution is -2.45. The normalized spacial score (nSPS) is 22.7. The number of nitrogens with one attached hydrogen (secondary N) is 2. The quantitative estimate of drug-likeness (QED) is 0.658. The van der Waals surface area contributed by atoms with Crippen LogP contribution in [0.4, 0.5) is 23.1 Å². The van der Waals surface area contributed by atoms with Gasteiger partial charge in [0.25, 0.3) is 0 Å². The topological polar surface area (TPSA) is 122 Å². The molecule has 2 amide bonds. The Bertz CT molecular complexity index is 1050. The molecule has 0 spiro atoms. The van der Waals surface area contributed by atoms with Crippen LogP contribution in [-0.2, 0) is 4.79 Å². The van der Waals surface area contributed by atoms with E-state index in [2.05, 4.69) is 20.5 Å². The van der Waals surface area contributed by atoms with Crippen molar-refractivity contribution >= 4 is 35.0 Å². The lowest BCUT2D eigenvalue weighted by Gasteiger charge is -2.36. The van der Waals surface area contributed by atoms with Gasteiger partial charge in [-0.15, -0.1) is 0 Å². The van der Waals surface area contributed by atoms with E-state index in [0.717, 1.165) is 37.9 Å². The minimum absolute atomic E-state index is 0.0114. The van der Waals surface area contributed by atoms with Gasteiger partial charge in [-0.2, -0.15) is 4.98 Å². The third-order valence-electron chi connectivity index (χ3n) is 6.90. The van der Waals surface area contributed by atoms with E-state index in [4.69, 9.17) is 15.5 Å². The smallest absolute Gasteiger partial charge is 0.248 e. The van der Waals surface area contributed by atoms with Crippen LogP contribution in [0.25, 0.3) is 0 Å². The summed E-state index contributed by atoms with van der Waals surface area (Å²) in [7, 11) is 1.53. The van der Waals surface area contributed by atoms with E-state index in [1.807, 2.05) is 0 Å². The SMILES string of the molecule is COc1cc(C(N)=O)ccc1Nc1ncc2c(n1)N(C1CCCC1)C1CCCC1C(=O)N2. The Morgan fingerprint density at radius 2 is 2.03 bits per heavy atom. The Hall–Kier alpha value is -3.36. The summed E-state index contributed by atoms with van der Waals surface area (Å²) in [4.78, 5) is 36.1. The fourth-order valence-corrected chi connectivity index (χ4v) is 5.37. The maximum Gasteiger partial charge on any atom is 0.248 e. The number of fused-ring (bicyclic) bond motifs is 2. The van der Waals surface area contributed by atoms with Crippen molar-refractivity contribution < 1.29 is 14.3 Å². The number of hydrogen-bond acceptors (Lipinski definition) is 7. The first-order chi connectivity index (χ1) is 15.5. The summed E-state index contributed by atoms with van der Waals surface area (Å²) in [5.74, 6) is 1.19. The number of benzene rings is 1. The Morgan fingerprint density at radius 3 is 2.78 bits per heavy atom. The Balaban J connectivity index is 1.52. The average molecular weight is 437 g/mol. The van der Waals surface area contributed by atoms with Crippen LogP contribution in [0.2, 0.25) is 0 Å². The van der Waals surface area contributed by atoms with Gasteiger partial charge in [-0.1, -0.05) is 19.3 Å². The second kappa shape index (κ2) is 8.29. The number of carbonyl (C=O) groups excluding carboxylic acids is 2. The maximum absolute atomic E-state index is 12.9. The number of amides is 2. The molecule has 2 atom stereocenters. The average Bonchev–Trinajstić information content (AvgIpc) is 3.47. The van der Waals surface area contributed by atoms with Gasteiger partial charge in [0.1, 0.15) is 11.4 Å². The molecule has 2 aliphatic carbocycles. The van der Waals surface area contributed by atoms with Crippen LogP contribution in [0.5, 0.6) is 5.75 Å². The van der Waals surface area contributed by atoms with Crippen LogP contribution in [0, 0.1) is 5.92 Å². The first-order valence-electron chi connectivity index (χ1n) is 11.3. The summed E-state index contributed by atoms with van der Waals surface area (Å²) < 4.78 is 5.42. The predicted molar refractivity (Wildman–Crippen MR) is 121 cm³/mol. The van der Waals surface area contributed by atoms with E-state index in [1.54, 1.807) is 24.4 Å². The molecule has 1 aromatic carbocycles. The molecule has 4 N–H and O–H groups in total. The number of nitrogens with zero attached hydrogens (tertiary/aromatic N) is 3. The molecule has 1 aromatic heterocycles. The zero-order valence-corrected chi connectivity index (χ0v) is 18.1. The number of hydrogen-bond donors (Lipinski definition) is 3. The number of anilines is 4. The van der Waals surface area contributed by atoms with Gasteiger partial charge in [0.2, 0.25) is 17.8 Å². The van der Waals surface area contributed by atoms with Gasteiger partial charge in [-0.25, -0.2) is 4.98 Å². The van der Waals surface area contributed by atoms with Crippen LogP contribution in [0.15, 0.2) is 24.4 Å². The first-order valence-corrected chi connectivity index (χ1v) is 11.3. The summed E-state index contributed by atoms with van der Waals surface area (Å²) in [5, 5.41) is 6.27. The van der Waals surface area contributed by atoms with E-state index in [1.165, 1.54) is 20.0 Å². The largest absolute Gasteiger partial charge is 0.495 e. The third kappa shape index (κ3) is 3.61. The molecule has 2 saturated carbocycles. The van der Waals surface area contributed by atoms with Gasteiger partial charge in [0.05, 0.1) is 24.9 Å². The molecular formula is C23H28N6O3. The van der Waals surface area contributed by atoms with E-state index in [-0.39, 0.29) is 17.9 Å². The predicted octanol–water partition coefficient (Wildman–Crippen LogP) is 3.20. The number of rotatable bonds is 5. The van der Waals surface area contributed by atoms with Crippen molar-refractivity contribution in [2.24, 2.45) is 11.7 Å². The summed E-state index contributed by atoms with van der Waals surface area (Å²) in [6.07, 6.45) is 9.29. The molecule has 9 heteroatoms. The van der Waals surface area contributed by atoms with Crippen LogP contribution >= 0.6 is 0 Å². The van der Waals surface area contributed by atoms with Crippen molar-refractivity contribution in [3.8, 4) is 5.75 Å². The van der Waals surface area contributed by atoms with Crippen molar-refractivity contribution in [1.82, 2.24) is 9.97 Å². The number of methoxy groups -OCH3 is 1. The molecule has 2 fully saturated rings. The minimum atomic E-state index is -0.523. The van der Waals surface area contributed by atoms with Crippen LogP contribution in [0.3, 0.4) is 0 Å². The fraction of sp³-hybridized carbons (Fsp3) is 0.478. The van der Waals surface area contributed by atoms with Crippen LogP contribution in [-0.4, -0.2) is 41.0 Å². The van der Waals surface area contributed by atoms with Gasteiger partial charge in [0.15, 0.2) is 5.82 Å². The monoisotopic (exact) mass is 436 g/mol. The summed E-state index contributed by atoms with van der Waals surface area (Å²) >= 11 is 0. The molecule has 0 bridgehead atoms. The van der Waals surface area contributed by atoms with Crippen molar-refractivity contribution in [2.75, 3.05) is 22.6 Å². The number of nitrogens with two attached hydrogens (primary N) is 1. The standard InChI is InChI=1S/C23H28N6O3/c1-32-19-11-13(20(24)30)9-10-16(19)27-23-25-12-17-21(28-23)29(14-5-2-3-6-14)18-8-4-7-15(18)22(31)26-17/h9-12,14-15,18H,2-8H2,1H3,(H2,24,30)(H,26,31)(H,25,27,28). The summed E-state index contributed by atoms with van der Waals surface area (Å²) in [6, 6.07) is 5.50. The second-order valence-electron chi connectivity index (χ2n) is 8.77. The van der Waals surface area contributed by atoms with E-state index < -0.39 is 5.91 Å². The van der Waals surface area contributed by atoms with Crippen LogP contribution < -0.4 is 26.0 Å². The summed E-state index contributed by atoms with van der Waals surface area (Å²) in [6.45, 7) is 0. The summed E-state index contributed by atoms with van der Waals surface area (Å²) in [5.41, 5.74) is 7.03. The third-order valence-corrected chi connectivity index (χ3v) is 6.90. The van der Waals surface area contributed by atoms with Gasteiger partial charge in [0, 0.05) is 17.6 Å². The fourth-order valence-electron chi connectivity index (χ4n) is 5.37. The van der Waals surface area contributed by atoms with Crippen molar-refractivity contribution in [3.63, 3.8) is 0 Å². The number of primary amides is 1. The molecule has 3 aliphatic rings. The highest BCUT2D eigenvalue weighted by atomic mass is 16.5. The Labute approximate surface area is 186 Å². The highest BCUT2D eigenvalue weighted by Crippen LogP contribution is 2.43. The molecule has 168 valence electrons. The lowest BCUT2D eigenvalue weighted by molar-refractivity contribution is -0.119.